The van der Waals surface area contributed by atoms with Crippen molar-refractivity contribution in [1.82, 2.24) is 14.8 Å². The fourth-order valence-corrected chi connectivity index (χ4v) is 1.77. The molecule has 0 unspecified atom stereocenters. The van der Waals surface area contributed by atoms with Gasteiger partial charge in [-0.1, -0.05) is 10.3 Å². The number of anilines is 1. The quantitative estimate of drug-likeness (QED) is 0.213. The zero-order valence-corrected chi connectivity index (χ0v) is 11.3. The van der Waals surface area contributed by atoms with Gasteiger partial charge in [0.15, 0.2) is 0 Å². The van der Waals surface area contributed by atoms with Gasteiger partial charge in [-0.15, -0.1) is 5.10 Å². The van der Waals surface area contributed by atoms with E-state index in [0.29, 0.717) is 5.16 Å². The Hall–Kier alpha value is -2.75. The molecule has 0 aliphatic rings. The normalized spacial score (nSPS) is 11.2. The lowest BCUT2D eigenvalue weighted by molar-refractivity contribution is 0.410. The standard InChI is InChI=1S/C10H12N8OS/c1-7-13-14-10(20)18(7)9-4-2-8(3-5-9)15-19-6-12-17-16-11/h2-6,15H,1H3,(H2,11,17)(H,14,20)/p-1/b12-6+. The summed E-state index contributed by atoms with van der Waals surface area (Å²) in [6.45, 7) is 1.83. The van der Waals surface area contributed by atoms with Gasteiger partial charge in [-0.3, -0.25) is 0 Å². The number of hydrogen-bond donors (Lipinski definition) is 2. The van der Waals surface area contributed by atoms with Crippen LogP contribution in [0, 0.1) is 6.92 Å². The average Bonchev–Trinajstić information content (AvgIpc) is 2.79. The lowest BCUT2D eigenvalue weighted by atomic mass is 10.3. The number of benzene rings is 1. The largest absolute Gasteiger partial charge is 0.740 e. The highest BCUT2D eigenvalue weighted by Crippen LogP contribution is 2.16. The van der Waals surface area contributed by atoms with Crippen LogP contribution in [-0.4, -0.2) is 21.2 Å². The zero-order valence-electron chi connectivity index (χ0n) is 10.5. The Bertz CT molecular complexity index is 601. The van der Waals surface area contributed by atoms with E-state index < -0.39 is 0 Å². The summed E-state index contributed by atoms with van der Waals surface area (Å²) in [7, 11) is 0. The molecule has 104 valence electrons. The molecule has 0 bridgehead atoms. The molecule has 0 atom stereocenters. The van der Waals surface area contributed by atoms with Crippen molar-refractivity contribution in [1.29, 1.82) is 0 Å². The summed E-state index contributed by atoms with van der Waals surface area (Å²) < 4.78 is 1.77. The van der Waals surface area contributed by atoms with Gasteiger partial charge in [0.1, 0.15) is 5.82 Å². The van der Waals surface area contributed by atoms with E-state index in [1.54, 1.807) is 4.57 Å². The highest BCUT2D eigenvalue weighted by atomic mass is 32.1. The van der Waals surface area contributed by atoms with E-state index in [1.165, 1.54) is 0 Å². The van der Waals surface area contributed by atoms with Gasteiger partial charge in [-0.25, -0.2) is 5.48 Å². The molecule has 20 heavy (non-hydrogen) atoms. The van der Waals surface area contributed by atoms with Crippen molar-refractivity contribution in [2.24, 2.45) is 21.4 Å². The maximum Gasteiger partial charge on any atom is 0.230 e. The summed E-state index contributed by atoms with van der Waals surface area (Å²) in [4.78, 5) is 4.90. The molecule has 0 saturated carbocycles. The van der Waals surface area contributed by atoms with Crippen molar-refractivity contribution in [2.75, 3.05) is 5.48 Å². The molecule has 0 fully saturated rings. The Kier molecular flexibility index (Phi) is 4.39. The van der Waals surface area contributed by atoms with Gasteiger partial charge in [0.25, 0.3) is 0 Å². The average molecular weight is 291 g/mol. The monoisotopic (exact) mass is 291 g/mol. The van der Waals surface area contributed by atoms with Gasteiger partial charge in [-0.2, -0.15) is 5.10 Å². The number of nitrogens with two attached hydrogens (primary N) is 1. The number of rotatable bonds is 5. The Balaban J connectivity index is 2.03. The smallest absolute Gasteiger partial charge is 0.230 e. The third-order valence-electron chi connectivity index (χ3n) is 2.30. The van der Waals surface area contributed by atoms with Crippen LogP contribution < -0.4 is 11.3 Å². The molecule has 3 N–H and O–H groups in total. The SMILES string of the molecule is Cc1nnc([S-])n1-c1ccc(NO/C=N/N=N/N)cc1. The van der Waals surface area contributed by atoms with Crippen molar-refractivity contribution in [2.45, 2.75) is 12.1 Å². The predicted molar refractivity (Wildman–Crippen MR) is 74.0 cm³/mol. The molecule has 9 nitrogen and oxygen atoms in total. The van der Waals surface area contributed by atoms with E-state index in [2.05, 4.69) is 31.2 Å². The van der Waals surface area contributed by atoms with Crippen LogP contribution >= 0.6 is 0 Å². The first kappa shape index (κ1) is 13.7. The van der Waals surface area contributed by atoms with Crippen LogP contribution in [0.1, 0.15) is 5.82 Å². The number of hydrogen-bond acceptors (Lipinski definition) is 7. The molecule has 1 heterocycles. The molecule has 1 aromatic carbocycles. The molecule has 0 radical (unpaired) electrons. The van der Waals surface area contributed by atoms with E-state index in [1.807, 2.05) is 31.2 Å². The molecule has 0 amide bonds. The lowest BCUT2D eigenvalue weighted by Crippen LogP contribution is -2.01. The minimum absolute atomic E-state index is 0.415. The Morgan fingerprint density at radius 1 is 1.35 bits per heavy atom. The Morgan fingerprint density at radius 2 is 2.10 bits per heavy atom. The minimum Gasteiger partial charge on any atom is -0.740 e. The highest BCUT2D eigenvalue weighted by Gasteiger charge is 2.02. The van der Waals surface area contributed by atoms with Gasteiger partial charge >= 0.3 is 0 Å². The topological polar surface area (TPSA) is 115 Å². The number of aromatic nitrogens is 3. The van der Waals surface area contributed by atoms with E-state index in [-0.39, 0.29) is 0 Å². The zero-order chi connectivity index (χ0) is 14.4. The minimum atomic E-state index is 0.415. The third kappa shape index (κ3) is 3.17. The van der Waals surface area contributed by atoms with Crippen LogP contribution in [0.2, 0.25) is 0 Å². The summed E-state index contributed by atoms with van der Waals surface area (Å²) >= 11 is 5.10. The fraction of sp³-hybridized carbons (Fsp3) is 0.100. The summed E-state index contributed by atoms with van der Waals surface area (Å²) in [6.07, 6.45) is 1.07. The lowest BCUT2D eigenvalue weighted by Gasteiger charge is -2.12. The molecule has 0 saturated heterocycles. The molecule has 1 aromatic heterocycles. The van der Waals surface area contributed by atoms with E-state index in [0.717, 1.165) is 23.6 Å². The van der Waals surface area contributed by atoms with Crippen molar-refractivity contribution >= 4 is 24.7 Å². The second-order valence-corrected chi connectivity index (χ2v) is 3.92. The fourth-order valence-electron chi connectivity index (χ4n) is 1.49. The van der Waals surface area contributed by atoms with E-state index in [4.69, 9.17) is 23.3 Å². The third-order valence-corrected chi connectivity index (χ3v) is 2.56. The van der Waals surface area contributed by atoms with Gasteiger partial charge in [-0.05, 0) is 36.4 Å². The van der Waals surface area contributed by atoms with Gasteiger partial charge in [0.2, 0.25) is 6.40 Å². The van der Waals surface area contributed by atoms with Crippen LogP contribution in [0.3, 0.4) is 0 Å². The molecule has 0 spiro atoms. The Morgan fingerprint density at radius 3 is 2.70 bits per heavy atom. The number of aryl methyl sites for hydroxylation is 1. The molecular weight excluding hydrogens is 280 g/mol. The number of nitrogens with zero attached hydrogens (tertiary/aromatic N) is 6. The van der Waals surface area contributed by atoms with Crippen LogP contribution in [0.15, 0.2) is 45.0 Å². The maximum absolute atomic E-state index is 5.10. The van der Waals surface area contributed by atoms with Crippen molar-refractivity contribution in [3.8, 4) is 5.69 Å². The number of nitrogens with one attached hydrogen (secondary N) is 1. The first-order valence-electron chi connectivity index (χ1n) is 5.45. The van der Waals surface area contributed by atoms with Crippen molar-refractivity contribution in [3.05, 3.63) is 30.1 Å². The molecule has 2 rings (SSSR count). The van der Waals surface area contributed by atoms with E-state index >= 15 is 0 Å². The van der Waals surface area contributed by atoms with Gasteiger partial charge in [0, 0.05) is 10.8 Å². The summed E-state index contributed by atoms with van der Waals surface area (Å²) in [5, 5.41) is 17.6. The van der Waals surface area contributed by atoms with E-state index in [9.17, 15) is 0 Å². The van der Waals surface area contributed by atoms with Crippen molar-refractivity contribution in [3.63, 3.8) is 0 Å². The molecule has 0 aliphatic heterocycles. The van der Waals surface area contributed by atoms with Crippen LogP contribution in [-0.2, 0) is 17.5 Å². The van der Waals surface area contributed by atoms with Crippen LogP contribution in [0.4, 0.5) is 5.69 Å². The Labute approximate surface area is 119 Å². The first-order chi connectivity index (χ1) is 9.72. The van der Waals surface area contributed by atoms with Crippen LogP contribution in [0.25, 0.3) is 5.69 Å². The van der Waals surface area contributed by atoms with Gasteiger partial charge < -0.3 is 27.9 Å². The molecule has 2 aromatic rings. The second kappa shape index (κ2) is 6.43. The predicted octanol–water partition coefficient (Wildman–Crippen LogP) is 1.09. The maximum atomic E-state index is 5.10. The molecular formula is C10H11N8OS-. The summed E-state index contributed by atoms with van der Waals surface area (Å²) in [5.41, 5.74) is 4.24. The summed E-state index contributed by atoms with van der Waals surface area (Å²) in [6, 6.07) is 7.33. The van der Waals surface area contributed by atoms with Gasteiger partial charge in [0.05, 0.1) is 5.69 Å². The first-order valence-corrected chi connectivity index (χ1v) is 5.86. The van der Waals surface area contributed by atoms with Crippen LogP contribution in [0.5, 0.6) is 0 Å². The van der Waals surface area contributed by atoms with Crippen molar-refractivity contribution < 1.29 is 4.84 Å². The molecule has 0 aliphatic carbocycles. The molecule has 10 heteroatoms. The highest BCUT2D eigenvalue weighted by molar-refractivity contribution is 7.58. The second-order valence-electron chi connectivity index (χ2n) is 3.56. The summed E-state index contributed by atoms with van der Waals surface area (Å²) in [5.74, 6) is 5.48.